The molecule has 0 spiro atoms. The van der Waals surface area contributed by atoms with Gasteiger partial charge in [-0.15, -0.1) is 0 Å². The second-order valence-electron chi connectivity index (χ2n) is 14.6. The summed E-state index contributed by atoms with van der Waals surface area (Å²) in [5.41, 5.74) is 0. The van der Waals surface area contributed by atoms with Gasteiger partial charge in [-0.25, -0.2) is 0 Å². The Balaban J connectivity index is 4.19. The van der Waals surface area contributed by atoms with Crippen molar-refractivity contribution in [3.8, 4) is 0 Å². The van der Waals surface area contributed by atoms with Gasteiger partial charge in [0.05, 0.1) is 6.61 Å². The second kappa shape index (κ2) is 41.8. The number of unbranched alkanes of at least 4 members (excludes halogenated alkanes) is 25. The van der Waals surface area contributed by atoms with Crippen LogP contribution in [-0.2, 0) is 23.8 Å². The summed E-state index contributed by atoms with van der Waals surface area (Å²) >= 11 is 0. The van der Waals surface area contributed by atoms with Crippen LogP contribution in [0.15, 0.2) is 24.3 Å². The zero-order valence-electron chi connectivity index (χ0n) is 33.7. The zero-order chi connectivity index (χ0) is 36.4. The molecule has 0 aliphatic carbocycles. The van der Waals surface area contributed by atoms with E-state index in [1.165, 1.54) is 148 Å². The molecule has 0 aromatic rings. The summed E-state index contributed by atoms with van der Waals surface area (Å²) in [6.07, 6.45) is 46.0. The molecule has 0 N–H and O–H groups in total. The molecule has 1 atom stereocenters. The van der Waals surface area contributed by atoms with E-state index in [1.54, 1.807) is 0 Å². The van der Waals surface area contributed by atoms with Gasteiger partial charge in [0.25, 0.3) is 0 Å². The second-order valence-corrected chi connectivity index (χ2v) is 14.6. The zero-order valence-corrected chi connectivity index (χ0v) is 33.7. The minimum absolute atomic E-state index is 0.0868. The fourth-order valence-electron chi connectivity index (χ4n) is 6.19. The molecule has 0 rings (SSSR count). The maximum atomic E-state index is 12.6. The van der Waals surface area contributed by atoms with Gasteiger partial charge in [-0.1, -0.05) is 186 Å². The Bertz CT molecular complexity index is 761. The molecule has 0 aliphatic heterocycles. The Kier molecular flexibility index (Phi) is 40.4. The molecule has 0 aromatic heterocycles. The molecule has 0 amide bonds. The summed E-state index contributed by atoms with van der Waals surface area (Å²) in [6, 6.07) is 0. The van der Waals surface area contributed by atoms with Crippen molar-refractivity contribution in [2.45, 2.75) is 232 Å². The molecule has 0 saturated carbocycles. The fourth-order valence-corrected chi connectivity index (χ4v) is 6.19. The lowest BCUT2D eigenvalue weighted by Crippen LogP contribution is -2.30. The number of carbonyl (C=O) groups is 2. The van der Waals surface area contributed by atoms with Crippen LogP contribution >= 0.6 is 0 Å². The van der Waals surface area contributed by atoms with Crippen LogP contribution in [0, 0.1) is 0 Å². The number of allylic oxidation sites excluding steroid dienone is 4. The van der Waals surface area contributed by atoms with Gasteiger partial charge < -0.3 is 14.2 Å². The number of carbonyl (C=O) groups excluding carboxylic acids is 2. The van der Waals surface area contributed by atoms with Crippen LogP contribution in [0.5, 0.6) is 0 Å². The highest BCUT2D eigenvalue weighted by Gasteiger charge is 2.17. The molecule has 0 aliphatic rings. The number of ether oxygens (including phenoxy) is 3. The van der Waals surface area contributed by atoms with Crippen LogP contribution in [0.2, 0.25) is 0 Å². The Morgan fingerprint density at radius 2 is 0.840 bits per heavy atom. The molecule has 0 radical (unpaired) electrons. The maximum absolute atomic E-state index is 12.6. The van der Waals surface area contributed by atoms with Gasteiger partial charge in [-0.05, 0) is 51.4 Å². The lowest BCUT2D eigenvalue weighted by Gasteiger charge is -2.18. The molecular weight excluding hydrogens is 620 g/mol. The smallest absolute Gasteiger partial charge is 0.306 e. The van der Waals surface area contributed by atoms with Crippen molar-refractivity contribution in [1.82, 2.24) is 0 Å². The van der Waals surface area contributed by atoms with Crippen molar-refractivity contribution >= 4 is 11.9 Å². The first-order chi connectivity index (χ1) is 24.6. The standard InChI is InChI=1S/C45H84O5/c1-4-7-10-13-16-19-20-21-22-23-24-25-28-31-34-37-40-48-41-43(50-45(47)39-36-33-30-27-18-15-12-9-6-3)42-49-44(46)38-35-32-29-26-17-14-11-8-5-2/h16,19,21-22,43H,4-15,17-18,20,23-42H2,1-3H3/b19-16-,22-21-. The third-order valence-corrected chi connectivity index (χ3v) is 9.49. The van der Waals surface area contributed by atoms with E-state index in [0.717, 1.165) is 44.9 Å². The van der Waals surface area contributed by atoms with E-state index in [-0.39, 0.29) is 25.2 Å². The van der Waals surface area contributed by atoms with Crippen molar-refractivity contribution in [3.63, 3.8) is 0 Å². The third-order valence-electron chi connectivity index (χ3n) is 9.49. The van der Waals surface area contributed by atoms with Crippen LogP contribution in [-0.4, -0.2) is 37.9 Å². The van der Waals surface area contributed by atoms with Gasteiger partial charge in [0, 0.05) is 19.4 Å². The Morgan fingerprint density at radius 1 is 0.440 bits per heavy atom. The molecule has 50 heavy (non-hydrogen) atoms. The SMILES string of the molecule is CCCCC/C=C\C/C=C\CCCCCCCCOCC(COC(=O)CCCCCCCCCCC)OC(=O)CCCCCCCCCCC. The summed E-state index contributed by atoms with van der Waals surface area (Å²) in [4.78, 5) is 25.1. The van der Waals surface area contributed by atoms with Gasteiger partial charge in [0.1, 0.15) is 6.61 Å². The molecular formula is C45H84O5. The highest BCUT2D eigenvalue weighted by atomic mass is 16.6. The Labute approximate surface area is 311 Å². The molecule has 0 saturated heterocycles. The highest BCUT2D eigenvalue weighted by Crippen LogP contribution is 2.14. The average molecular weight is 705 g/mol. The predicted octanol–water partition coefficient (Wildman–Crippen LogP) is 14.1. The van der Waals surface area contributed by atoms with Crippen molar-refractivity contribution in [2.75, 3.05) is 19.8 Å². The van der Waals surface area contributed by atoms with Gasteiger partial charge in [0.15, 0.2) is 6.10 Å². The first kappa shape index (κ1) is 48.4. The monoisotopic (exact) mass is 705 g/mol. The molecule has 0 bridgehead atoms. The Morgan fingerprint density at radius 3 is 1.36 bits per heavy atom. The number of hydrogen-bond acceptors (Lipinski definition) is 5. The number of esters is 2. The first-order valence-corrected chi connectivity index (χ1v) is 21.9. The van der Waals surface area contributed by atoms with Crippen LogP contribution in [0.25, 0.3) is 0 Å². The first-order valence-electron chi connectivity index (χ1n) is 21.9. The topological polar surface area (TPSA) is 61.8 Å². The van der Waals surface area contributed by atoms with Gasteiger partial charge >= 0.3 is 11.9 Å². The van der Waals surface area contributed by atoms with E-state index >= 15 is 0 Å². The van der Waals surface area contributed by atoms with Crippen LogP contribution in [0.1, 0.15) is 226 Å². The van der Waals surface area contributed by atoms with E-state index in [9.17, 15) is 9.59 Å². The third kappa shape index (κ3) is 39.2. The van der Waals surface area contributed by atoms with Crippen molar-refractivity contribution in [3.05, 3.63) is 24.3 Å². The minimum Gasteiger partial charge on any atom is -0.462 e. The van der Waals surface area contributed by atoms with Gasteiger partial charge in [-0.2, -0.15) is 0 Å². The summed E-state index contributed by atoms with van der Waals surface area (Å²) < 4.78 is 17.2. The summed E-state index contributed by atoms with van der Waals surface area (Å²) in [5, 5.41) is 0. The minimum atomic E-state index is -0.530. The molecule has 0 fully saturated rings. The summed E-state index contributed by atoms with van der Waals surface area (Å²) in [6.45, 7) is 7.77. The predicted molar refractivity (Wildman–Crippen MR) is 215 cm³/mol. The Hall–Kier alpha value is -1.62. The highest BCUT2D eigenvalue weighted by molar-refractivity contribution is 5.70. The van der Waals surface area contributed by atoms with E-state index < -0.39 is 6.10 Å². The van der Waals surface area contributed by atoms with Crippen LogP contribution in [0.3, 0.4) is 0 Å². The lowest BCUT2D eigenvalue weighted by molar-refractivity contribution is -0.163. The van der Waals surface area contributed by atoms with Crippen LogP contribution in [0.4, 0.5) is 0 Å². The van der Waals surface area contributed by atoms with E-state index in [4.69, 9.17) is 14.2 Å². The molecule has 0 heterocycles. The molecule has 0 aromatic carbocycles. The summed E-state index contributed by atoms with van der Waals surface area (Å²) in [7, 11) is 0. The molecule has 5 heteroatoms. The van der Waals surface area contributed by atoms with Crippen molar-refractivity contribution in [2.24, 2.45) is 0 Å². The average Bonchev–Trinajstić information content (AvgIpc) is 3.11. The molecule has 1 unspecified atom stereocenters. The molecule has 294 valence electrons. The quantitative estimate of drug-likeness (QED) is 0.0361. The van der Waals surface area contributed by atoms with Gasteiger partial charge in [-0.3, -0.25) is 9.59 Å². The van der Waals surface area contributed by atoms with E-state index in [2.05, 4.69) is 45.1 Å². The largest absolute Gasteiger partial charge is 0.462 e. The van der Waals surface area contributed by atoms with Crippen molar-refractivity contribution in [1.29, 1.82) is 0 Å². The summed E-state index contributed by atoms with van der Waals surface area (Å²) in [5.74, 6) is -0.400. The lowest BCUT2D eigenvalue weighted by atomic mass is 10.1. The number of hydrogen-bond donors (Lipinski definition) is 0. The van der Waals surface area contributed by atoms with E-state index in [1.807, 2.05) is 0 Å². The van der Waals surface area contributed by atoms with E-state index in [0.29, 0.717) is 19.4 Å². The van der Waals surface area contributed by atoms with Crippen molar-refractivity contribution < 1.29 is 23.8 Å². The van der Waals surface area contributed by atoms with Crippen LogP contribution < -0.4 is 0 Å². The van der Waals surface area contributed by atoms with Gasteiger partial charge in [0.2, 0.25) is 0 Å². The fraction of sp³-hybridized carbons (Fsp3) is 0.867. The maximum Gasteiger partial charge on any atom is 0.306 e. The molecule has 5 nitrogen and oxygen atoms in total. The normalized spacial score (nSPS) is 12.3. The number of rotatable bonds is 40.